The van der Waals surface area contributed by atoms with E-state index in [1.165, 1.54) is 75.4 Å². The number of hydrogen-bond acceptors (Lipinski definition) is 2. The summed E-state index contributed by atoms with van der Waals surface area (Å²) in [6.07, 6.45) is 22.1. The molecule has 0 aromatic carbocycles. The van der Waals surface area contributed by atoms with Crippen molar-refractivity contribution in [1.82, 2.24) is 0 Å². The number of allylic oxidation sites excluding steroid dienone is 2. The Kier molecular flexibility index (Phi) is 17.5. The van der Waals surface area contributed by atoms with Gasteiger partial charge in [0.1, 0.15) is 0 Å². The Morgan fingerprint density at radius 3 is 1.81 bits per heavy atom. The van der Waals surface area contributed by atoms with Gasteiger partial charge in [0.25, 0.3) is 5.91 Å². The molecule has 21 heavy (non-hydrogen) atoms. The third-order valence-corrected chi connectivity index (χ3v) is 4.08. The van der Waals surface area contributed by atoms with E-state index in [0.717, 1.165) is 12.8 Å². The van der Waals surface area contributed by atoms with E-state index in [0.29, 0.717) is 6.42 Å². The van der Waals surface area contributed by atoms with E-state index >= 15 is 0 Å². The molecule has 2 nitrogen and oxygen atoms in total. The van der Waals surface area contributed by atoms with Crippen molar-refractivity contribution >= 4 is 18.7 Å². The Hall–Kier alpha value is -0.280. The minimum atomic E-state index is 0.114. The molecule has 0 fully saturated rings. The molecule has 0 unspecified atom stereocenters. The summed E-state index contributed by atoms with van der Waals surface area (Å²) < 4.78 is 1.27. The highest BCUT2D eigenvalue weighted by Gasteiger charge is 1.98. The largest absolute Gasteiger partial charge is 0.489 e. The maximum atomic E-state index is 11.0. The van der Waals surface area contributed by atoms with Gasteiger partial charge < -0.3 is 17.5 Å². The number of hydrogen-bond donors (Lipinski definition) is 1. The van der Waals surface area contributed by atoms with E-state index in [9.17, 15) is 4.79 Å². The summed E-state index contributed by atoms with van der Waals surface area (Å²) in [7, 11) is 0. The van der Waals surface area contributed by atoms with Gasteiger partial charge in [0, 0.05) is 0 Å². The fraction of sp³-hybridized carbons (Fsp3) is 0.833. The predicted molar refractivity (Wildman–Crippen MR) is 93.7 cm³/mol. The molecule has 0 aromatic heterocycles. The average Bonchev–Trinajstić information content (AvgIpc) is 2.50. The van der Waals surface area contributed by atoms with Crippen molar-refractivity contribution in [2.45, 2.75) is 96.8 Å². The molecule has 1 amide bonds. The molecule has 0 aromatic rings. The van der Waals surface area contributed by atoms with Crippen LogP contribution >= 0.6 is 0 Å². The van der Waals surface area contributed by atoms with Crippen LogP contribution in [0.25, 0.3) is 0 Å². The number of primary amides is 1. The first kappa shape index (κ1) is 20.7. The number of carbonyl (C=O) groups is 1. The predicted octanol–water partition coefficient (Wildman–Crippen LogP) is 4.58. The summed E-state index contributed by atoms with van der Waals surface area (Å²) in [5.74, 6) is 0.114. The van der Waals surface area contributed by atoms with Gasteiger partial charge in [-0.3, -0.25) is 0 Å². The van der Waals surface area contributed by atoms with E-state index < -0.39 is 0 Å². The number of rotatable bonds is 15. The lowest BCUT2D eigenvalue weighted by molar-refractivity contribution is -0.395. The molecule has 0 aliphatic rings. The van der Waals surface area contributed by atoms with Crippen LogP contribution in [0.1, 0.15) is 96.8 Å². The molecule has 0 aliphatic heterocycles. The molecule has 0 saturated heterocycles. The van der Waals surface area contributed by atoms with Crippen LogP contribution in [0.4, 0.5) is 0 Å². The van der Waals surface area contributed by atoms with E-state index in [2.05, 4.69) is 31.9 Å². The topological polar surface area (TPSA) is 33.7 Å². The van der Waals surface area contributed by atoms with Crippen molar-refractivity contribution in [3.8, 4) is 0 Å². The molecule has 124 valence electrons. The molecule has 0 heterocycles. The van der Waals surface area contributed by atoms with E-state index in [-0.39, 0.29) is 5.91 Å². The van der Waals surface area contributed by atoms with Gasteiger partial charge in [-0.15, -0.1) is 0 Å². The summed E-state index contributed by atoms with van der Waals surface area (Å²) in [4.78, 5) is 11.0. The zero-order valence-corrected chi connectivity index (χ0v) is 14.8. The summed E-state index contributed by atoms with van der Waals surface area (Å²) in [5.41, 5.74) is 0. The Morgan fingerprint density at radius 2 is 1.29 bits per heavy atom. The summed E-state index contributed by atoms with van der Waals surface area (Å²) >= 11 is 4.60. The first-order chi connectivity index (χ1) is 10.3. The van der Waals surface area contributed by atoms with Crippen molar-refractivity contribution in [1.29, 1.82) is 0 Å². The summed E-state index contributed by atoms with van der Waals surface area (Å²) in [6, 6.07) is 0. The second kappa shape index (κ2) is 17.8. The number of unbranched alkanes of at least 4 members (excludes halogenated alkanes) is 11. The Bertz CT molecular complexity index is 254. The normalized spacial score (nSPS) is 11.3. The molecule has 2 N–H and O–H groups in total. The standard InChI is InChI=1S/C18H35NOS/c1-2-3-4-5-6-7-8-9-10-11-12-13-14-15-16-17-18(20)19-21/h9-10H,2-8,11-17,19H2,1H3/b10-9-. The number of quaternary nitrogens is 1. The van der Waals surface area contributed by atoms with E-state index in [4.69, 9.17) is 0 Å². The van der Waals surface area contributed by atoms with E-state index in [1.807, 2.05) is 0 Å². The Morgan fingerprint density at radius 1 is 0.810 bits per heavy atom. The summed E-state index contributed by atoms with van der Waals surface area (Å²) in [5, 5.41) is 0. The van der Waals surface area contributed by atoms with Gasteiger partial charge in [-0.1, -0.05) is 70.4 Å². The molecule has 0 bridgehead atoms. The maximum Gasteiger partial charge on any atom is 0.292 e. The molecule has 0 spiro atoms. The zero-order valence-electron chi connectivity index (χ0n) is 13.9. The SMILES string of the molecule is CCCCCCCC/C=C\CCCCCCCC(=O)[NH2+][S-]. The van der Waals surface area contributed by atoms with Crippen LogP contribution in [0.15, 0.2) is 12.2 Å². The van der Waals surface area contributed by atoms with Crippen molar-refractivity contribution in [3.63, 3.8) is 0 Å². The van der Waals surface area contributed by atoms with Gasteiger partial charge in [0.15, 0.2) is 0 Å². The molecule has 0 radical (unpaired) electrons. The van der Waals surface area contributed by atoms with Crippen LogP contribution < -0.4 is 4.72 Å². The molecular formula is C18H35NOS. The second-order valence-corrected chi connectivity index (χ2v) is 6.15. The van der Waals surface area contributed by atoms with Gasteiger partial charge in [0.2, 0.25) is 0 Å². The lowest BCUT2D eigenvalue weighted by Crippen LogP contribution is -2.81. The first-order valence-electron chi connectivity index (χ1n) is 8.94. The Labute approximate surface area is 137 Å². The highest BCUT2D eigenvalue weighted by Crippen LogP contribution is 2.09. The highest BCUT2D eigenvalue weighted by atomic mass is 32.1. The minimum Gasteiger partial charge on any atom is -0.489 e. The van der Waals surface area contributed by atoms with Crippen LogP contribution in [0.3, 0.4) is 0 Å². The third kappa shape index (κ3) is 17.7. The van der Waals surface area contributed by atoms with Crippen LogP contribution in [0.2, 0.25) is 0 Å². The van der Waals surface area contributed by atoms with Gasteiger partial charge in [-0.05, 0) is 32.1 Å². The van der Waals surface area contributed by atoms with Crippen molar-refractivity contribution in [2.24, 2.45) is 0 Å². The van der Waals surface area contributed by atoms with Crippen molar-refractivity contribution < 1.29 is 9.52 Å². The highest BCUT2D eigenvalue weighted by molar-refractivity contribution is 7.51. The number of amides is 1. The summed E-state index contributed by atoms with van der Waals surface area (Å²) in [6.45, 7) is 2.27. The second-order valence-electron chi connectivity index (χ2n) is 5.92. The minimum absolute atomic E-state index is 0.114. The molecular weight excluding hydrogens is 278 g/mol. The van der Waals surface area contributed by atoms with Gasteiger partial charge in [-0.25, -0.2) is 4.79 Å². The molecule has 0 saturated carbocycles. The van der Waals surface area contributed by atoms with Crippen molar-refractivity contribution in [2.75, 3.05) is 0 Å². The Balaban J connectivity index is 3.10. The number of nitrogens with two attached hydrogens (primary N) is 1. The lowest BCUT2D eigenvalue weighted by Gasteiger charge is -2.01. The monoisotopic (exact) mass is 313 g/mol. The van der Waals surface area contributed by atoms with Gasteiger partial charge in [-0.2, -0.15) is 0 Å². The van der Waals surface area contributed by atoms with E-state index in [1.54, 1.807) is 0 Å². The molecule has 0 aliphatic carbocycles. The van der Waals surface area contributed by atoms with Crippen molar-refractivity contribution in [3.05, 3.63) is 12.2 Å². The first-order valence-corrected chi connectivity index (χ1v) is 9.41. The molecule has 3 heteroatoms. The van der Waals surface area contributed by atoms with Crippen LogP contribution in [-0.4, -0.2) is 5.91 Å². The lowest BCUT2D eigenvalue weighted by atomic mass is 10.1. The number of carbonyl (C=O) groups excluding carboxylic acids is 1. The zero-order chi connectivity index (χ0) is 15.6. The van der Waals surface area contributed by atoms with Crippen LogP contribution in [0, 0.1) is 0 Å². The fourth-order valence-corrected chi connectivity index (χ4v) is 2.55. The van der Waals surface area contributed by atoms with Gasteiger partial charge in [0.05, 0.1) is 6.42 Å². The van der Waals surface area contributed by atoms with Crippen LogP contribution in [0.5, 0.6) is 0 Å². The van der Waals surface area contributed by atoms with Gasteiger partial charge >= 0.3 is 0 Å². The smallest absolute Gasteiger partial charge is 0.292 e. The fourth-order valence-electron chi connectivity index (χ4n) is 2.43. The van der Waals surface area contributed by atoms with Crippen LogP contribution in [-0.2, 0) is 17.6 Å². The quantitative estimate of drug-likeness (QED) is 0.273. The maximum absolute atomic E-state index is 11.0. The average molecular weight is 314 g/mol. The molecule has 0 atom stereocenters. The molecule has 0 rings (SSSR count). The third-order valence-electron chi connectivity index (χ3n) is 3.82.